The second kappa shape index (κ2) is 7.73. The maximum absolute atomic E-state index is 12.2. The Balaban J connectivity index is 2.40. The van der Waals surface area contributed by atoms with Crippen LogP contribution in [0, 0.1) is 5.92 Å². The first kappa shape index (κ1) is 16.3. The highest BCUT2D eigenvalue weighted by molar-refractivity contribution is 6.30. The van der Waals surface area contributed by atoms with E-state index in [1.807, 2.05) is 4.90 Å². The number of nitrogens with one attached hydrogen (secondary N) is 1. The number of piperidine rings is 1. The lowest BCUT2D eigenvalue weighted by Crippen LogP contribution is -2.49. The molecule has 1 N–H and O–H groups in total. The molecule has 1 fully saturated rings. The van der Waals surface area contributed by atoms with Crippen LogP contribution >= 0.6 is 11.6 Å². The Hall–Kier alpha value is -0.770. The first-order chi connectivity index (χ1) is 8.99. The summed E-state index contributed by atoms with van der Waals surface area (Å²) in [6.45, 7) is 7.25. The molecule has 0 aromatic heterocycles. The van der Waals surface area contributed by atoms with E-state index in [4.69, 9.17) is 11.6 Å². The molecule has 1 unspecified atom stereocenters. The molecule has 0 spiro atoms. The van der Waals surface area contributed by atoms with Gasteiger partial charge in [0.25, 0.3) is 0 Å². The van der Waals surface area contributed by atoms with Crippen molar-refractivity contribution in [2.45, 2.75) is 57.9 Å². The summed E-state index contributed by atoms with van der Waals surface area (Å²) in [6.07, 6.45) is 3.44. The fraction of sp³-hybridized carbons (Fsp3) is 0.857. The number of likely N-dealkylation sites (tertiary alicyclic amines) is 1. The van der Waals surface area contributed by atoms with Gasteiger partial charge in [-0.3, -0.25) is 9.59 Å². The Morgan fingerprint density at radius 1 is 1.26 bits per heavy atom. The van der Waals surface area contributed by atoms with Crippen LogP contribution < -0.4 is 5.32 Å². The lowest BCUT2D eigenvalue weighted by Gasteiger charge is -2.34. The van der Waals surface area contributed by atoms with Crippen LogP contribution in [0.5, 0.6) is 0 Å². The number of hydrogen-bond donors (Lipinski definition) is 1. The number of amides is 2. The molecule has 5 heteroatoms. The molecule has 1 aliphatic heterocycles. The summed E-state index contributed by atoms with van der Waals surface area (Å²) in [5.74, 6) is 0.293. The average Bonchev–Trinajstić information content (AvgIpc) is 2.40. The standard InChI is InChI=1S/C14H25ClN2O2/c1-4-11(5-2)14(19)17-8-6-12(7-9-17)16-13(18)10(3)15/h10-12H,4-9H2,1-3H3,(H,16,18). The van der Waals surface area contributed by atoms with Gasteiger partial charge in [-0.15, -0.1) is 11.6 Å². The minimum atomic E-state index is -0.496. The van der Waals surface area contributed by atoms with Crippen molar-refractivity contribution in [3.05, 3.63) is 0 Å². The van der Waals surface area contributed by atoms with E-state index in [0.717, 1.165) is 38.8 Å². The quantitative estimate of drug-likeness (QED) is 0.788. The first-order valence-electron chi connectivity index (χ1n) is 7.22. The summed E-state index contributed by atoms with van der Waals surface area (Å²) in [7, 11) is 0. The number of hydrogen-bond acceptors (Lipinski definition) is 2. The molecule has 1 heterocycles. The third-order valence-electron chi connectivity index (χ3n) is 3.85. The van der Waals surface area contributed by atoms with Crippen LogP contribution in [-0.2, 0) is 9.59 Å². The van der Waals surface area contributed by atoms with Gasteiger partial charge in [0, 0.05) is 25.0 Å². The Kier molecular flexibility index (Phi) is 6.63. The highest BCUT2D eigenvalue weighted by atomic mass is 35.5. The molecular weight excluding hydrogens is 264 g/mol. The Bertz CT molecular complexity index is 309. The number of rotatable bonds is 5. The SMILES string of the molecule is CCC(CC)C(=O)N1CCC(NC(=O)C(C)Cl)CC1. The maximum Gasteiger partial charge on any atom is 0.237 e. The number of halogens is 1. The molecule has 0 bridgehead atoms. The third kappa shape index (κ3) is 4.68. The van der Waals surface area contributed by atoms with Gasteiger partial charge in [0.15, 0.2) is 0 Å². The zero-order valence-corrected chi connectivity index (χ0v) is 12.9. The van der Waals surface area contributed by atoms with Crippen molar-refractivity contribution in [3.8, 4) is 0 Å². The van der Waals surface area contributed by atoms with Crippen molar-refractivity contribution < 1.29 is 9.59 Å². The van der Waals surface area contributed by atoms with E-state index in [9.17, 15) is 9.59 Å². The molecule has 19 heavy (non-hydrogen) atoms. The van der Waals surface area contributed by atoms with E-state index in [-0.39, 0.29) is 23.8 Å². The molecule has 0 aromatic carbocycles. The van der Waals surface area contributed by atoms with E-state index in [2.05, 4.69) is 19.2 Å². The Morgan fingerprint density at radius 3 is 2.21 bits per heavy atom. The van der Waals surface area contributed by atoms with E-state index in [1.54, 1.807) is 6.92 Å². The van der Waals surface area contributed by atoms with Gasteiger partial charge >= 0.3 is 0 Å². The van der Waals surface area contributed by atoms with Gasteiger partial charge in [-0.25, -0.2) is 0 Å². The lowest BCUT2D eigenvalue weighted by atomic mass is 9.98. The van der Waals surface area contributed by atoms with Crippen LogP contribution in [0.2, 0.25) is 0 Å². The fourth-order valence-corrected chi connectivity index (χ4v) is 2.52. The van der Waals surface area contributed by atoms with Crippen LogP contribution in [0.3, 0.4) is 0 Å². The molecule has 0 aromatic rings. The van der Waals surface area contributed by atoms with Crippen LogP contribution in [-0.4, -0.2) is 41.2 Å². The molecule has 1 rings (SSSR count). The van der Waals surface area contributed by atoms with E-state index in [0.29, 0.717) is 0 Å². The molecule has 1 atom stereocenters. The maximum atomic E-state index is 12.2. The van der Waals surface area contributed by atoms with Gasteiger partial charge in [-0.1, -0.05) is 13.8 Å². The molecule has 110 valence electrons. The van der Waals surface area contributed by atoms with Gasteiger partial charge in [0.05, 0.1) is 0 Å². The van der Waals surface area contributed by atoms with Gasteiger partial charge in [0.1, 0.15) is 5.38 Å². The number of carbonyl (C=O) groups excluding carboxylic acids is 2. The summed E-state index contributed by atoms with van der Waals surface area (Å²) in [4.78, 5) is 25.7. The van der Waals surface area contributed by atoms with E-state index < -0.39 is 5.38 Å². The monoisotopic (exact) mass is 288 g/mol. The predicted molar refractivity (Wildman–Crippen MR) is 77.1 cm³/mol. The molecule has 0 saturated carbocycles. The summed E-state index contributed by atoms with van der Waals surface area (Å²) < 4.78 is 0. The van der Waals surface area contributed by atoms with E-state index >= 15 is 0 Å². The molecular formula is C14H25ClN2O2. The molecule has 4 nitrogen and oxygen atoms in total. The van der Waals surface area contributed by atoms with Crippen molar-refractivity contribution in [3.63, 3.8) is 0 Å². The molecule has 0 aliphatic carbocycles. The van der Waals surface area contributed by atoms with Crippen LogP contribution in [0.25, 0.3) is 0 Å². The van der Waals surface area contributed by atoms with Crippen LogP contribution in [0.4, 0.5) is 0 Å². The number of carbonyl (C=O) groups is 2. The Morgan fingerprint density at radius 2 is 1.79 bits per heavy atom. The molecule has 1 aliphatic rings. The number of nitrogens with zero attached hydrogens (tertiary/aromatic N) is 1. The zero-order valence-electron chi connectivity index (χ0n) is 12.1. The van der Waals surface area contributed by atoms with Crippen molar-refractivity contribution in [2.75, 3.05) is 13.1 Å². The van der Waals surface area contributed by atoms with Crippen molar-refractivity contribution in [2.24, 2.45) is 5.92 Å². The largest absolute Gasteiger partial charge is 0.352 e. The van der Waals surface area contributed by atoms with Gasteiger partial charge < -0.3 is 10.2 Å². The smallest absolute Gasteiger partial charge is 0.237 e. The van der Waals surface area contributed by atoms with E-state index in [1.165, 1.54) is 0 Å². The highest BCUT2D eigenvalue weighted by Crippen LogP contribution is 2.17. The lowest BCUT2D eigenvalue weighted by molar-refractivity contribution is -0.137. The van der Waals surface area contributed by atoms with Crippen molar-refractivity contribution in [1.82, 2.24) is 10.2 Å². The van der Waals surface area contributed by atoms with Crippen LogP contribution in [0.1, 0.15) is 46.5 Å². The van der Waals surface area contributed by atoms with Crippen molar-refractivity contribution in [1.29, 1.82) is 0 Å². The Labute approximate surface area is 120 Å². The first-order valence-corrected chi connectivity index (χ1v) is 7.66. The second-order valence-electron chi connectivity index (χ2n) is 5.24. The highest BCUT2D eigenvalue weighted by Gasteiger charge is 2.27. The topological polar surface area (TPSA) is 49.4 Å². The second-order valence-corrected chi connectivity index (χ2v) is 5.89. The molecule has 2 amide bonds. The summed E-state index contributed by atoms with van der Waals surface area (Å²) in [5.41, 5.74) is 0. The fourth-order valence-electron chi connectivity index (χ4n) is 2.46. The minimum absolute atomic E-state index is 0.119. The van der Waals surface area contributed by atoms with Crippen LogP contribution in [0.15, 0.2) is 0 Å². The molecule has 1 saturated heterocycles. The molecule has 0 radical (unpaired) electrons. The normalized spacial score (nSPS) is 18.5. The summed E-state index contributed by atoms with van der Waals surface area (Å²) in [5, 5.41) is 2.43. The van der Waals surface area contributed by atoms with Gasteiger partial charge in [-0.2, -0.15) is 0 Å². The van der Waals surface area contributed by atoms with Crippen molar-refractivity contribution >= 4 is 23.4 Å². The predicted octanol–water partition coefficient (Wildman–Crippen LogP) is 2.16. The number of alkyl halides is 1. The minimum Gasteiger partial charge on any atom is -0.352 e. The zero-order chi connectivity index (χ0) is 14.4. The van der Waals surface area contributed by atoms with Gasteiger partial charge in [-0.05, 0) is 32.6 Å². The van der Waals surface area contributed by atoms with Gasteiger partial charge in [0.2, 0.25) is 11.8 Å². The third-order valence-corrected chi connectivity index (χ3v) is 4.05. The summed E-state index contributed by atoms with van der Waals surface area (Å²) >= 11 is 5.73. The summed E-state index contributed by atoms with van der Waals surface area (Å²) in [6, 6.07) is 0.152. The average molecular weight is 289 g/mol.